The van der Waals surface area contributed by atoms with Gasteiger partial charge in [0.2, 0.25) is 0 Å². The highest BCUT2D eigenvalue weighted by molar-refractivity contribution is 5.91. The fraction of sp³-hybridized carbons (Fsp3) is 0.133. The van der Waals surface area contributed by atoms with E-state index in [-0.39, 0.29) is 5.97 Å². The molecule has 92 valence electrons. The number of carbonyl (C=O) groups excluding carboxylic acids is 1. The number of rotatable bonds is 3. The molecule has 0 spiro atoms. The van der Waals surface area contributed by atoms with Gasteiger partial charge in [-0.3, -0.25) is 0 Å². The zero-order valence-corrected chi connectivity index (χ0v) is 10.3. The van der Waals surface area contributed by atoms with Crippen LogP contribution < -0.4 is 9.47 Å². The summed E-state index contributed by atoms with van der Waals surface area (Å²) in [4.78, 5) is 11.9. The number of hydrogen-bond acceptors (Lipinski definition) is 3. The predicted octanol–water partition coefficient (Wildman–Crippen LogP) is 3.22. The summed E-state index contributed by atoms with van der Waals surface area (Å²) < 4.78 is 10.4. The van der Waals surface area contributed by atoms with Crippen molar-refractivity contribution >= 4 is 5.97 Å². The molecule has 3 heteroatoms. The molecule has 0 aromatic heterocycles. The molecular formula is C15H14O3. The van der Waals surface area contributed by atoms with Gasteiger partial charge in [0.05, 0.1) is 12.7 Å². The third-order valence-electron chi connectivity index (χ3n) is 2.60. The summed E-state index contributed by atoms with van der Waals surface area (Å²) in [5.41, 5.74) is 1.45. The Morgan fingerprint density at radius 2 is 1.78 bits per heavy atom. The van der Waals surface area contributed by atoms with Crippen molar-refractivity contribution in [3.63, 3.8) is 0 Å². The van der Waals surface area contributed by atoms with Gasteiger partial charge in [-0.05, 0) is 36.8 Å². The van der Waals surface area contributed by atoms with Crippen molar-refractivity contribution in [3.8, 4) is 11.5 Å². The lowest BCUT2D eigenvalue weighted by Crippen LogP contribution is -2.08. The van der Waals surface area contributed by atoms with E-state index in [0.717, 1.165) is 5.56 Å². The average Bonchev–Trinajstić information content (AvgIpc) is 2.40. The molecule has 2 rings (SSSR count). The van der Waals surface area contributed by atoms with Crippen LogP contribution in [0.15, 0.2) is 48.5 Å². The number of benzene rings is 2. The zero-order chi connectivity index (χ0) is 13.0. The van der Waals surface area contributed by atoms with Gasteiger partial charge in [-0.15, -0.1) is 0 Å². The lowest BCUT2D eigenvalue weighted by Gasteiger charge is -2.07. The van der Waals surface area contributed by atoms with Crippen molar-refractivity contribution in [1.82, 2.24) is 0 Å². The van der Waals surface area contributed by atoms with Gasteiger partial charge < -0.3 is 9.47 Å². The quantitative estimate of drug-likeness (QED) is 0.612. The second-order valence-electron chi connectivity index (χ2n) is 3.89. The Kier molecular flexibility index (Phi) is 3.63. The fourth-order valence-corrected chi connectivity index (χ4v) is 1.60. The molecule has 0 N–H and O–H groups in total. The van der Waals surface area contributed by atoms with Crippen LogP contribution in [0.5, 0.6) is 11.5 Å². The van der Waals surface area contributed by atoms with Gasteiger partial charge in [-0.2, -0.15) is 0 Å². The Hall–Kier alpha value is -2.29. The summed E-state index contributed by atoms with van der Waals surface area (Å²) in [6.45, 7) is 1.92. The number of ether oxygens (including phenoxy) is 2. The van der Waals surface area contributed by atoms with Crippen molar-refractivity contribution in [2.45, 2.75) is 6.92 Å². The molecule has 0 amide bonds. The molecule has 0 radical (unpaired) electrons. The largest absolute Gasteiger partial charge is 0.496 e. The lowest BCUT2D eigenvalue weighted by atomic mass is 10.1. The van der Waals surface area contributed by atoms with Crippen LogP contribution >= 0.6 is 0 Å². The Morgan fingerprint density at radius 3 is 2.44 bits per heavy atom. The summed E-state index contributed by atoms with van der Waals surface area (Å²) in [6, 6.07) is 14.2. The van der Waals surface area contributed by atoms with Crippen LogP contribution in [-0.2, 0) is 0 Å². The Morgan fingerprint density at radius 1 is 1.06 bits per heavy atom. The third-order valence-corrected chi connectivity index (χ3v) is 2.60. The molecule has 0 bridgehead atoms. The average molecular weight is 242 g/mol. The molecule has 0 saturated heterocycles. The highest BCUT2D eigenvalue weighted by Gasteiger charge is 2.10. The van der Waals surface area contributed by atoms with Crippen molar-refractivity contribution in [3.05, 3.63) is 59.7 Å². The maximum absolute atomic E-state index is 11.9. The lowest BCUT2D eigenvalue weighted by molar-refractivity contribution is 0.0734. The van der Waals surface area contributed by atoms with Gasteiger partial charge in [0.25, 0.3) is 0 Å². The van der Waals surface area contributed by atoms with E-state index in [2.05, 4.69) is 0 Å². The third kappa shape index (κ3) is 2.69. The minimum atomic E-state index is -0.389. The number of hydrogen-bond donors (Lipinski definition) is 0. The number of carbonyl (C=O) groups is 1. The van der Waals surface area contributed by atoms with Gasteiger partial charge >= 0.3 is 5.97 Å². The van der Waals surface area contributed by atoms with E-state index in [1.54, 1.807) is 31.4 Å². The van der Waals surface area contributed by atoms with Crippen LogP contribution in [0, 0.1) is 6.92 Å². The molecule has 0 heterocycles. The van der Waals surface area contributed by atoms with Crippen LogP contribution in [0.2, 0.25) is 0 Å². The first-order chi connectivity index (χ1) is 8.70. The first-order valence-corrected chi connectivity index (χ1v) is 5.62. The van der Waals surface area contributed by atoms with Gasteiger partial charge in [0.1, 0.15) is 11.5 Å². The molecule has 3 nitrogen and oxygen atoms in total. The van der Waals surface area contributed by atoms with E-state index in [1.165, 1.54) is 0 Å². The van der Waals surface area contributed by atoms with Crippen molar-refractivity contribution < 1.29 is 14.3 Å². The standard InChI is InChI=1S/C15H14O3/c1-11-8-9-12(10-14(11)17-2)15(16)18-13-6-4-3-5-7-13/h3-10H,1-2H3. The minimum absolute atomic E-state index is 0.389. The normalized spacial score (nSPS) is 9.89. The Labute approximate surface area is 106 Å². The van der Waals surface area contributed by atoms with Crippen LogP contribution in [0.3, 0.4) is 0 Å². The molecule has 0 fully saturated rings. The zero-order valence-electron chi connectivity index (χ0n) is 10.3. The molecule has 2 aromatic carbocycles. The van der Waals surface area contributed by atoms with Crippen molar-refractivity contribution in [1.29, 1.82) is 0 Å². The summed E-state index contributed by atoms with van der Waals surface area (Å²) in [6.07, 6.45) is 0. The SMILES string of the molecule is COc1cc(C(=O)Oc2ccccc2)ccc1C. The van der Waals surface area contributed by atoms with Crippen LogP contribution in [0.4, 0.5) is 0 Å². The maximum atomic E-state index is 11.9. The highest BCUT2D eigenvalue weighted by Crippen LogP contribution is 2.20. The monoisotopic (exact) mass is 242 g/mol. The Balaban J connectivity index is 2.19. The topological polar surface area (TPSA) is 35.5 Å². The molecule has 0 aliphatic heterocycles. The van der Waals surface area contributed by atoms with E-state index < -0.39 is 0 Å². The highest BCUT2D eigenvalue weighted by atomic mass is 16.5. The second kappa shape index (κ2) is 5.36. The summed E-state index contributed by atoms with van der Waals surface area (Å²) in [5.74, 6) is 0.819. The molecule has 0 unspecified atom stereocenters. The molecule has 2 aromatic rings. The first-order valence-electron chi connectivity index (χ1n) is 5.62. The maximum Gasteiger partial charge on any atom is 0.343 e. The van der Waals surface area contributed by atoms with Crippen molar-refractivity contribution in [2.75, 3.05) is 7.11 Å². The van der Waals surface area contributed by atoms with E-state index in [4.69, 9.17) is 9.47 Å². The van der Waals surface area contributed by atoms with Crippen molar-refractivity contribution in [2.24, 2.45) is 0 Å². The van der Waals surface area contributed by atoms with E-state index in [1.807, 2.05) is 31.2 Å². The number of methoxy groups -OCH3 is 1. The summed E-state index contributed by atoms with van der Waals surface area (Å²) in [7, 11) is 1.58. The molecule has 0 atom stereocenters. The minimum Gasteiger partial charge on any atom is -0.496 e. The van der Waals surface area contributed by atoms with Crippen LogP contribution in [0.1, 0.15) is 15.9 Å². The van der Waals surface area contributed by atoms with E-state index in [9.17, 15) is 4.79 Å². The Bertz CT molecular complexity index is 547. The number of esters is 1. The van der Waals surface area contributed by atoms with Gasteiger partial charge in [-0.1, -0.05) is 24.3 Å². The summed E-state index contributed by atoms with van der Waals surface area (Å²) in [5, 5.41) is 0. The number of para-hydroxylation sites is 1. The van der Waals surface area contributed by atoms with Crippen LogP contribution in [-0.4, -0.2) is 13.1 Å². The summed E-state index contributed by atoms with van der Waals surface area (Å²) >= 11 is 0. The molecule has 0 saturated carbocycles. The predicted molar refractivity (Wildman–Crippen MR) is 69.1 cm³/mol. The number of aryl methyl sites for hydroxylation is 1. The molecule has 0 aliphatic rings. The second-order valence-corrected chi connectivity index (χ2v) is 3.89. The van der Waals surface area contributed by atoms with E-state index >= 15 is 0 Å². The smallest absolute Gasteiger partial charge is 0.343 e. The van der Waals surface area contributed by atoms with Gasteiger partial charge in [0.15, 0.2) is 0 Å². The molecule has 18 heavy (non-hydrogen) atoms. The van der Waals surface area contributed by atoms with Gasteiger partial charge in [0, 0.05) is 0 Å². The molecular weight excluding hydrogens is 228 g/mol. The van der Waals surface area contributed by atoms with Crippen LogP contribution in [0.25, 0.3) is 0 Å². The van der Waals surface area contributed by atoms with Gasteiger partial charge in [-0.25, -0.2) is 4.79 Å². The van der Waals surface area contributed by atoms with E-state index in [0.29, 0.717) is 17.1 Å². The first kappa shape index (κ1) is 12.2. The fourth-order valence-electron chi connectivity index (χ4n) is 1.60. The molecule has 0 aliphatic carbocycles.